The van der Waals surface area contributed by atoms with E-state index in [0.29, 0.717) is 12.6 Å². The molecule has 33 heavy (non-hydrogen) atoms. The molecular weight excluding hydrogens is 418 g/mol. The molecule has 2 aliphatic rings. The van der Waals surface area contributed by atoms with E-state index in [2.05, 4.69) is 33.9 Å². The molecule has 174 valence electrons. The summed E-state index contributed by atoms with van der Waals surface area (Å²) in [5, 5.41) is 10.5. The maximum atomic E-state index is 11.4. The molecule has 2 N–H and O–H groups in total. The van der Waals surface area contributed by atoms with Gasteiger partial charge in [0.15, 0.2) is 0 Å². The molecule has 0 aliphatic carbocycles. The summed E-state index contributed by atoms with van der Waals surface area (Å²) in [4.78, 5) is 21.6. The van der Waals surface area contributed by atoms with Crippen LogP contribution in [0, 0.1) is 6.92 Å². The molecule has 1 unspecified atom stereocenters. The van der Waals surface area contributed by atoms with Crippen molar-refractivity contribution in [1.29, 1.82) is 0 Å². The third-order valence-electron chi connectivity index (χ3n) is 7.56. The maximum Gasteiger partial charge on any atom is 0.354 e. The van der Waals surface area contributed by atoms with Gasteiger partial charge in [0.25, 0.3) is 0 Å². The first-order valence-corrected chi connectivity index (χ1v) is 11.7. The van der Waals surface area contributed by atoms with Crippen molar-refractivity contribution in [3.8, 4) is 5.75 Å². The first-order valence-electron chi connectivity index (χ1n) is 11.7. The Hall–Kier alpha value is -2.90. The van der Waals surface area contributed by atoms with E-state index in [0.717, 1.165) is 54.6 Å². The van der Waals surface area contributed by atoms with Crippen LogP contribution in [0.2, 0.25) is 0 Å². The van der Waals surface area contributed by atoms with Crippen LogP contribution in [0.5, 0.6) is 5.75 Å². The number of aromatic amines is 1. The number of benzene rings is 1. The first kappa shape index (κ1) is 21.9. The van der Waals surface area contributed by atoms with E-state index in [1.54, 1.807) is 19.4 Å². The van der Waals surface area contributed by atoms with Gasteiger partial charge in [0.2, 0.25) is 0 Å². The monoisotopic (exact) mass is 449 g/mol. The van der Waals surface area contributed by atoms with Crippen LogP contribution >= 0.6 is 0 Å². The highest BCUT2D eigenvalue weighted by Crippen LogP contribution is 2.52. The van der Waals surface area contributed by atoms with Gasteiger partial charge in [0, 0.05) is 48.1 Å². The molecule has 2 saturated heterocycles. The fourth-order valence-electron chi connectivity index (χ4n) is 6.10. The standard InChI is InChI=1S/C26H31N3O4/c1-4-33-19-12-18-7-9-26(13-19,17-5-6-22(25(30)31)28-14-17)29(18)15-21-20-8-10-27-24(20)16(2)11-23(21)32-3/h5-6,8,10-11,14,18-19,27H,4,7,9,12-13,15H2,1-3H3,(H,30,31)/t18-,19-,26?/m0/s1. The summed E-state index contributed by atoms with van der Waals surface area (Å²) in [6.07, 6.45) is 7.88. The molecule has 7 nitrogen and oxygen atoms in total. The number of nitrogens with zero attached hydrogens (tertiary/aromatic N) is 2. The van der Waals surface area contributed by atoms with Crippen LogP contribution in [0.15, 0.2) is 36.7 Å². The Kier molecular flexibility index (Phi) is 5.62. The van der Waals surface area contributed by atoms with Crippen LogP contribution in [0.25, 0.3) is 10.9 Å². The van der Waals surface area contributed by atoms with Gasteiger partial charge in [-0.3, -0.25) is 4.90 Å². The number of hydrogen-bond donors (Lipinski definition) is 2. The number of carboxylic acids is 1. The highest BCUT2D eigenvalue weighted by atomic mass is 16.5. The number of aryl methyl sites for hydroxylation is 1. The van der Waals surface area contributed by atoms with E-state index in [-0.39, 0.29) is 17.3 Å². The van der Waals surface area contributed by atoms with Gasteiger partial charge in [0.05, 0.1) is 18.8 Å². The number of rotatable bonds is 7. The average molecular weight is 450 g/mol. The fourth-order valence-corrected chi connectivity index (χ4v) is 6.10. The van der Waals surface area contributed by atoms with Gasteiger partial charge < -0.3 is 19.6 Å². The predicted octanol–water partition coefficient (Wildman–Crippen LogP) is 4.64. The van der Waals surface area contributed by atoms with Crippen LogP contribution in [0.1, 0.15) is 59.8 Å². The van der Waals surface area contributed by atoms with Gasteiger partial charge in [-0.15, -0.1) is 0 Å². The number of ether oxygens (including phenoxy) is 2. The molecule has 0 spiro atoms. The minimum Gasteiger partial charge on any atom is -0.496 e. The number of pyridine rings is 1. The minimum absolute atomic E-state index is 0.0719. The second kappa shape index (κ2) is 8.47. The Labute approximate surface area is 193 Å². The topological polar surface area (TPSA) is 87.7 Å². The maximum absolute atomic E-state index is 11.4. The SMILES string of the molecule is CCO[C@H]1C[C@@H]2CCC(c3ccc(C(=O)O)nc3)(C1)N2Cc1c(OC)cc(C)c2[nH]ccc12. The molecule has 0 amide bonds. The van der Waals surface area contributed by atoms with Gasteiger partial charge in [-0.1, -0.05) is 6.07 Å². The number of carboxylic acid groups (broad SMARTS) is 1. The Morgan fingerprint density at radius 2 is 2.21 bits per heavy atom. The normalized spacial score (nSPS) is 24.9. The number of H-pyrrole nitrogens is 1. The van der Waals surface area contributed by atoms with E-state index in [1.807, 2.05) is 19.2 Å². The second-order valence-corrected chi connectivity index (χ2v) is 9.25. The molecule has 5 rings (SSSR count). The van der Waals surface area contributed by atoms with Gasteiger partial charge in [-0.2, -0.15) is 0 Å². The molecule has 1 aromatic carbocycles. The molecule has 3 aromatic rings. The molecule has 0 saturated carbocycles. The van der Waals surface area contributed by atoms with E-state index in [1.165, 1.54) is 10.9 Å². The minimum atomic E-state index is -1.00. The van der Waals surface area contributed by atoms with Gasteiger partial charge in [-0.05, 0) is 68.9 Å². The number of nitrogens with one attached hydrogen (secondary N) is 1. The molecule has 4 heterocycles. The number of methoxy groups -OCH3 is 1. The molecular formula is C26H31N3O4. The highest BCUT2D eigenvalue weighted by molar-refractivity contribution is 5.88. The zero-order chi connectivity index (χ0) is 23.2. The van der Waals surface area contributed by atoms with E-state index < -0.39 is 5.97 Å². The third kappa shape index (κ3) is 3.60. The zero-order valence-corrected chi connectivity index (χ0v) is 19.4. The van der Waals surface area contributed by atoms with Crippen LogP contribution in [-0.2, 0) is 16.8 Å². The second-order valence-electron chi connectivity index (χ2n) is 9.25. The Bertz CT molecular complexity index is 1170. The Morgan fingerprint density at radius 3 is 2.91 bits per heavy atom. The third-order valence-corrected chi connectivity index (χ3v) is 7.56. The lowest BCUT2D eigenvalue weighted by atomic mass is 9.80. The summed E-state index contributed by atoms with van der Waals surface area (Å²) in [5.41, 5.74) is 4.38. The van der Waals surface area contributed by atoms with Crippen molar-refractivity contribution >= 4 is 16.9 Å². The number of piperidine rings is 1. The number of aromatic nitrogens is 2. The summed E-state index contributed by atoms with van der Waals surface area (Å²) in [7, 11) is 1.73. The highest BCUT2D eigenvalue weighted by Gasteiger charge is 2.53. The molecule has 7 heteroatoms. The summed E-state index contributed by atoms with van der Waals surface area (Å²) in [6, 6.07) is 8.19. The van der Waals surface area contributed by atoms with Crippen molar-refractivity contribution in [2.24, 2.45) is 0 Å². The van der Waals surface area contributed by atoms with Crippen LogP contribution in [0.3, 0.4) is 0 Å². The lowest BCUT2D eigenvalue weighted by molar-refractivity contribution is -0.0594. The number of carbonyl (C=O) groups is 1. The van der Waals surface area contributed by atoms with Crippen molar-refractivity contribution in [3.63, 3.8) is 0 Å². The zero-order valence-electron chi connectivity index (χ0n) is 19.4. The van der Waals surface area contributed by atoms with E-state index in [9.17, 15) is 9.90 Å². The molecule has 0 radical (unpaired) electrons. The largest absolute Gasteiger partial charge is 0.496 e. The smallest absolute Gasteiger partial charge is 0.354 e. The van der Waals surface area contributed by atoms with Crippen LogP contribution in [-0.4, -0.2) is 51.8 Å². The lowest BCUT2D eigenvalue weighted by Gasteiger charge is -2.48. The lowest BCUT2D eigenvalue weighted by Crippen LogP contribution is -2.52. The fraction of sp³-hybridized carbons (Fsp3) is 0.462. The summed E-state index contributed by atoms with van der Waals surface area (Å²) >= 11 is 0. The van der Waals surface area contributed by atoms with E-state index in [4.69, 9.17) is 9.47 Å². The van der Waals surface area contributed by atoms with Crippen molar-refractivity contribution in [2.45, 2.75) is 63.8 Å². The van der Waals surface area contributed by atoms with Crippen LogP contribution in [0.4, 0.5) is 0 Å². The van der Waals surface area contributed by atoms with Crippen molar-refractivity contribution in [1.82, 2.24) is 14.9 Å². The van der Waals surface area contributed by atoms with Crippen LogP contribution < -0.4 is 4.74 Å². The molecule has 3 atom stereocenters. The quantitative estimate of drug-likeness (QED) is 0.547. The average Bonchev–Trinajstić information content (AvgIpc) is 3.38. The van der Waals surface area contributed by atoms with Gasteiger partial charge in [0.1, 0.15) is 11.4 Å². The molecule has 2 aromatic heterocycles. The number of aromatic carboxylic acids is 1. The Morgan fingerprint density at radius 1 is 1.36 bits per heavy atom. The van der Waals surface area contributed by atoms with Crippen molar-refractivity contribution < 1.29 is 19.4 Å². The van der Waals surface area contributed by atoms with Crippen molar-refractivity contribution in [3.05, 3.63) is 59.0 Å². The van der Waals surface area contributed by atoms with Gasteiger partial charge >= 0.3 is 5.97 Å². The molecule has 2 aliphatic heterocycles. The predicted molar refractivity (Wildman–Crippen MR) is 126 cm³/mol. The number of fused-ring (bicyclic) bond motifs is 3. The van der Waals surface area contributed by atoms with E-state index >= 15 is 0 Å². The Balaban J connectivity index is 1.59. The first-order chi connectivity index (χ1) is 16.0. The van der Waals surface area contributed by atoms with Crippen molar-refractivity contribution in [2.75, 3.05) is 13.7 Å². The summed E-state index contributed by atoms with van der Waals surface area (Å²) in [5.74, 6) is -0.101. The molecule has 2 fully saturated rings. The number of hydrogen-bond acceptors (Lipinski definition) is 5. The molecule has 2 bridgehead atoms. The summed E-state index contributed by atoms with van der Waals surface area (Å²) in [6.45, 7) is 5.59. The summed E-state index contributed by atoms with van der Waals surface area (Å²) < 4.78 is 12.0. The van der Waals surface area contributed by atoms with Gasteiger partial charge in [-0.25, -0.2) is 9.78 Å².